The van der Waals surface area contributed by atoms with Gasteiger partial charge in [0.15, 0.2) is 0 Å². The Morgan fingerprint density at radius 1 is 1.36 bits per heavy atom. The molecule has 0 fully saturated rings. The van der Waals surface area contributed by atoms with Gasteiger partial charge in [0.2, 0.25) is 0 Å². The SMILES string of the molecule is CSc1ccc(C(C)SC)s1. The summed E-state index contributed by atoms with van der Waals surface area (Å²) in [5, 5.41) is 0.654. The summed E-state index contributed by atoms with van der Waals surface area (Å²) in [5.41, 5.74) is 0. The molecule has 11 heavy (non-hydrogen) atoms. The van der Waals surface area contributed by atoms with Crippen molar-refractivity contribution < 1.29 is 0 Å². The van der Waals surface area contributed by atoms with Crippen LogP contribution in [0.4, 0.5) is 0 Å². The standard InChI is InChI=1S/C8H12S3/c1-6(9-2)7-4-5-8(10-3)11-7/h4-6H,1-3H3. The van der Waals surface area contributed by atoms with Crippen molar-refractivity contribution >= 4 is 34.9 Å². The number of thiophene rings is 1. The predicted molar refractivity (Wildman–Crippen MR) is 58.0 cm³/mol. The lowest BCUT2D eigenvalue weighted by atomic mass is 10.4. The van der Waals surface area contributed by atoms with Crippen molar-refractivity contribution in [2.45, 2.75) is 16.4 Å². The maximum atomic E-state index is 2.25. The van der Waals surface area contributed by atoms with Gasteiger partial charge < -0.3 is 0 Å². The van der Waals surface area contributed by atoms with E-state index in [1.165, 1.54) is 9.09 Å². The molecule has 0 spiro atoms. The van der Waals surface area contributed by atoms with Crippen LogP contribution >= 0.6 is 34.9 Å². The lowest BCUT2D eigenvalue weighted by molar-refractivity contribution is 1.15. The van der Waals surface area contributed by atoms with Gasteiger partial charge in [-0.3, -0.25) is 0 Å². The largest absolute Gasteiger partial charge is 0.157 e. The molecule has 0 aliphatic carbocycles. The minimum absolute atomic E-state index is 0.654. The quantitative estimate of drug-likeness (QED) is 0.685. The van der Waals surface area contributed by atoms with Crippen LogP contribution in [0, 0.1) is 0 Å². The van der Waals surface area contributed by atoms with Gasteiger partial charge in [0.05, 0.1) is 4.21 Å². The van der Waals surface area contributed by atoms with E-state index in [2.05, 4.69) is 31.6 Å². The van der Waals surface area contributed by atoms with Gasteiger partial charge in [-0.15, -0.1) is 23.1 Å². The molecule has 0 radical (unpaired) electrons. The number of thioether (sulfide) groups is 2. The molecular weight excluding hydrogens is 192 g/mol. The maximum absolute atomic E-state index is 2.25. The van der Waals surface area contributed by atoms with E-state index < -0.39 is 0 Å². The first-order valence-electron chi connectivity index (χ1n) is 3.44. The average Bonchev–Trinajstić information content (AvgIpc) is 2.50. The summed E-state index contributed by atoms with van der Waals surface area (Å²) in [6.45, 7) is 2.25. The van der Waals surface area contributed by atoms with Crippen LogP contribution in [0.2, 0.25) is 0 Å². The maximum Gasteiger partial charge on any atom is 0.0599 e. The van der Waals surface area contributed by atoms with Gasteiger partial charge in [0, 0.05) is 10.1 Å². The summed E-state index contributed by atoms with van der Waals surface area (Å²) in [6, 6.07) is 4.44. The van der Waals surface area contributed by atoms with E-state index in [4.69, 9.17) is 0 Å². The highest BCUT2D eigenvalue weighted by Crippen LogP contribution is 2.34. The minimum atomic E-state index is 0.654. The van der Waals surface area contributed by atoms with Crippen molar-refractivity contribution in [3.05, 3.63) is 17.0 Å². The number of hydrogen-bond acceptors (Lipinski definition) is 3. The third kappa shape index (κ3) is 2.42. The Bertz CT molecular complexity index is 217. The van der Waals surface area contributed by atoms with Gasteiger partial charge in [-0.05, 0) is 31.6 Å². The van der Waals surface area contributed by atoms with Crippen LogP contribution in [0.25, 0.3) is 0 Å². The smallest absolute Gasteiger partial charge is 0.0599 e. The van der Waals surface area contributed by atoms with Gasteiger partial charge in [0.25, 0.3) is 0 Å². The highest BCUT2D eigenvalue weighted by atomic mass is 32.2. The Morgan fingerprint density at radius 2 is 2.09 bits per heavy atom. The van der Waals surface area contributed by atoms with Gasteiger partial charge >= 0.3 is 0 Å². The first-order valence-corrected chi connectivity index (χ1v) is 6.77. The zero-order valence-corrected chi connectivity index (χ0v) is 9.41. The second-order valence-corrected chi connectivity index (χ2v) is 5.64. The first kappa shape index (κ1) is 9.49. The Labute approximate surface area is 80.8 Å². The lowest BCUT2D eigenvalue weighted by Crippen LogP contribution is -1.78. The van der Waals surface area contributed by atoms with Crippen LogP contribution in [0.15, 0.2) is 16.3 Å². The van der Waals surface area contributed by atoms with Gasteiger partial charge in [0.1, 0.15) is 0 Å². The summed E-state index contributed by atoms with van der Waals surface area (Å²) in [7, 11) is 0. The van der Waals surface area contributed by atoms with Crippen LogP contribution in [-0.4, -0.2) is 12.5 Å². The normalized spacial score (nSPS) is 13.4. The zero-order valence-electron chi connectivity index (χ0n) is 6.96. The molecular formula is C8H12S3. The monoisotopic (exact) mass is 204 g/mol. The van der Waals surface area contributed by atoms with Crippen LogP contribution in [0.3, 0.4) is 0 Å². The highest BCUT2D eigenvalue weighted by molar-refractivity contribution is 8.00. The van der Waals surface area contributed by atoms with Crippen molar-refractivity contribution in [3.8, 4) is 0 Å². The molecule has 0 N–H and O–H groups in total. The summed E-state index contributed by atoms with van der Waals surface area (Å²) in [6.07, 6.45) is 4.28. The summed E-state index contributed by atoms with van der Waals surface area (Å²) >= 11 is 5.64. The van der Waals surface area contributed by atoms with E-state index in [1.807, 2.05) is 34.9 Å². The zero-order chi connectivity index (χ0) is 8.27. The van der Waals surface area contributed by atoms with E-state index >= 15 is 0 Å². The predicted octanol–water partition coefficient (Wildman–Crippen LogP) is 3.89. The Hall–Kier alpha value is 0.400. The Balaban J connectivity index is 2.71. The number of hydrogen-bond donors (Lipinski definition) is 0. The van der Waals surface area contributed by atoms with Crippen molar-refractivity contribution in [1.29, 1.82) is 0 Å². The van der Waals surface area contributed by atoms with Crippen LogP contribution in [0.5, 0.6) is 0 Å². The molecule has 0 bridgehead atoms. The molecule has 0 amide bonds. The highest BCUT2D eigenvalue weighted by Gasteiger charge is 2.05. The van der Waals surface area contributed by atoms with Crippen LogP contribution in [0.1, 0.15) is 17.1 Å². The second kappa shape index (κ2) is 4.43. The third-order valence-corrected chi connectivity index (χ3v) is 5.02. The van der Waals surface area contributed by atoms with Crippen LogP contribution < -0.4 is 0 Å². The average molecular weight is 204 g/mol. The van der Waals surface area contributed by atoms with Crippen LogP contribution in [-0.2, 0) is 0 Å². The van der Waals surface area contributed by atoms with E-state index in [0.29, 0.717) is 5.25 Å². The van der Waals surface area contributed by atoms with Crippen molar-refractivity contribution in [1.82, 2.24) is 0 Å². The second-order valence-electron chi connectivity index (χ2n) is 2.24. The Morgan fingerprint density at radius 3 is 2.55 bits per heavy atom. The molecule has 1 aromatic heterocycles. The van der Waals surface area contributed by atoms with Crippen molar-refractivity contribution in [2.75, 3.05) is 12.5 Å². The summed E-state index contributed by atoms with van der Waals surface area (Å²) in [5.74, 6) is 0. The molecule has 1 unspecified atom stereocenters. The lowest BCUT2D eigenvalue weighted by Gasteiger charge is -2.02. The molecule has 0 aromatic carbocycles. The molecule has 0 saturated heterocycles. The van der Waals surface area contributed by atoms with E-state index in [-0.39, 0.29) is 0 Å². The Kier molecular flexibility index (Phi) is 3.82. The molecule has 0 aliphatic rings. The first-order chi connectivity index (χ1) is 5.27. The van der Waals surface area contributed by atoms with Crippen molar-refractivity contribution in [3.63, 3.8) is 0 Å². The van der Waals surface area contributed by atoms with Gasteiger partial charge in [-0.1, -0.05) is 0 Å². The third-order valence-electron chi connectivity index (χ3n) is 1.56. The molecule has 1 aromatic rings. The van der Waals surface area contributed by atoms with E-state index in [9.17, 15) is 0 Å². The topological polar surface area (TPSA) is 0 Å². The van der Waals surface area contributed by atoms with Crippen molar-refractivity contribution in [2.24, 2.45) is 0 Å². The fraction of sp³-hybridized carbons (Fsp3) is 0.500. The summed E-state index contributed by atoms with van der Waals surface area (Å²) < 4.78 is 1.42. The fourth-order valence-corrected chi connectivity index (χ4v) is 3.02. The van der Waals surface area contributed by atoms with E-state index in [0.717, 1.165) is 0 Å². The van der Waals surface area contributed by atoms with Gasteiger partial charge in [-0.25, -0.2) is 0 Å². The molecule has 62 valence electrons. The minimum Gasteiger partial charge on any atom is -0.157 e. The molecule has 0 nitrogen and oxygen atoms in total. The molecule has 3 heteroatoms. The van der Waals surface area contributed by atoms with E-state index in [1.54, 1.807) is 0 Å². The number of rotatable bonds is 3. The molecule has 0 saturated carbocycles. The molecule has 1 rings (SSSR count). The molecule has 1 heterocycles. The van der Waals surface area contributed by atoms with Gasteiger partial charge in [-0.2, -0.15) is 11.8 Å². The molecule has 1 atom stereocenters. The fourth-order valence-electron chi connectivity index (χ4n) is 0.779. The molecule has 0 aliphatic heterocycles. The summed E-state index contributed by atoms with van der Waals surface area (Å²) in [4.78, 5) is 1.49.